The van der Waals surface area contributed by atoms with Crippen molar-refractivity contribution >= 4 is 28.6 Å². The summed E-state index contributed by atoms with van der Waals surface area (Å²) in [5.41, 5.74) is 0.984. The zero-order chi connectivity index (χ0) is 17.4. The molecule has 0 fully saturated rings. The Labute approximate surface area is 141 Å². The summed E-state index contributed by atoms with van der Waals surface area (Å²) in [7, 11) is 0. The summed E-state index contributed by atoms with van der Waals surface area (Å²) in [4.78, 5) is 26.5. The molecule has 124 valence electrons. The third-order valence-electron chi connectivity index (χ3n) is 3.52. The lowest BCUT2D eigenvalue weighted by atomic mass is 10.2. The highest BCUT2D eigenvalue weighted by Gasteiger charge is 2.23. The number of aromatic amines is 1. The van der Waals surface area contributed by atoms with Gasteiger partial charge in [-0.1, -0.05) is 17.7 Å². The first kappa shape index (κ1) is 16.1. The molecule has 3 rings (SSSR count). The van der Waals surface area contributed by atoms with Crippen LogP contribution in [0.25, 0.3) is 16.7 Å². The predicted octanol–water partition coefficient (Wildman–Crippen LogP) is 2.56. The van der Waals surface area contributed by atoms with Crippen LogP contribution in [0.15, 0.2) is 29.1 Å². The number of nitrogens with one attached hydrogen (secondary N) is 1. The van der Waals surface area contributed by atoms with Gasteiger partial charge in [0, 0.05) is 11.1 Å². The highest BCUT2D eigenvalue weighted by atomic mass is 35.5. The Morgan fingerprint density at radius 3 is 2.88 bits per heavy atom. The van der Waals surface area contributed by atoms with E-state index in [1.54, 1.807) is 25.1 Å². The minimum atomic E-state index is -0.691. The normalized spacial score (nSPS) is 11.0. The summed E-state index contributed by atoms with van der Waals surface area (Å²) < 4.78 is 6.35. The maximum Gasteiger partial charge on any atom is 0.359 e. The number of ether oxygens (including phenoxy) is 1. The lowest BCUT2D eigenvalue weighted by Gasteiger charge is -2.07. The van der Waals surface area contributed by atoms with Gasteiger partial charge in [0.2, 0.25) is 0 Å². The Bertz CT molecular complexity index is 1010. The second-order valence-electron chi connectivity index (χ2n) is 5.15. The zero-order valence-electron chi connectivity index (χ0n) is 13.0. The summed E-state index contributed by atoms with van der Waals surface area (Å²) in [6.07, 6.45) is 0. The molecule has 24 heavy (non-hydrogen) atoms. The number of carbonyl (C=O) groups is 1. The molecule has 2 aromatic heterocycles. The Morgan fingerprint density at radius 1 is 1.42 bits per heavy atom. The van der Waals surface area contributed by atoms with Gasteiger partial charge in [-0.05, 0) is 31.5 Å². The molecule has 0 unspecified atom stereocenters. The van der Waals surface area contributed by atoms with Crippen molar-refractivity contribution in [2.75, 3.05) is 6.61 Å². The highest BCUT2D eigenvalue weighted by Crippen LogP contribution is 2.29. The first-order chi connectivity index (χ1) is 11.4. The number of hydrogen-bond acceptors (Lipinski definition) is 5. The summed E-state index contributed by atoms with van der Waals surface area (Å²) in [6.45, 7) is 3.66. The lowest BCUT2D eigenvalue weighted by Crippen LogP contribution is -2.07. The topological polar surface area (TPSA) is 97.2 Å². The average Bonchev–Trinajstić information content (AvgIpc) is 2.89. The number of esters is 1. The van der Waals surface area contributed by atoms with Crippen LogP contribution in [0.5, 0.6) is 5.75 Å². The van der Waals surface area contributed by atoms with E-state index in [1.807, 2.05) is 6.92 Å². The van der Waals surface area contributed by atoms with Gasteiger partial charge < -0.3 is 14.8 Å². The van der Waals surface area contributed by atoms with Crippen LogP contribution in [0.2, 0.25) is 5.02 Å². The van der Waals surface area contributed by atoms with Gasteiger partial charge in [-0.25, -0.2) is 9.48 Å². The molecule has 0 radical (unpaired) electrons. The van der Waals surface area contributed by atoms with E-state index >= 15 is 0 Å². The van der Waals surface area contributed by atoms with Gasteiger partial charge in [0.15, 0.2) is 5.69 Å². The number of H-pyrrole nitrogens is 1. The molecule has 0 saturated heterocycles. The van der Waals surface area contributed by atoms with Crippen LogP contribution in [0.4, 0.5) is 0 Å². The molecule has 2 heterocycles. The van der Waals surface area contributed by atoms with Crippen molar-refractivity contribution in [1.82, 2.24) is 14.8 Å². The van der Waals surface area contributed by atoms with Crippen LogP contribution in [-0.4, -0.2) is 32.4 Å². The fourth-order valence-corrected chi connectivity index (χ4v) is 2.62. The molecule has 0 aliphatic rings. The van der Waals surface area contributed by atoms with E-state index in [0.717, 1.165) is 11.6 Å². The maximum atomic E-state index is 12.2. The average molecular weight is 348 g/mol. The Kier molecular flexibility index (Phi) is 4.02. The Balaban J connectivity index is 2.38. The summed E-state index contributed by atoms with van der Waals surface area (Å²) in [5, 5.41) is 15.0. The Hall–Kier alpha value is -2.80. The fourth-order valence-electron chi connectivity index (χ4n) is 2.45. The molecule has 2 N–H and O–H groups in total. The van der Waals surface area contributed by atoms with Crippen LogP contribution in [0.3, 0.4) is 0 Å². The van der Waals surface area contributed by atoms with E-state index in [9.17, 15) is 14.7 Å². The number of aromatic nitrogens is 3. The number of aryl methyl sites for hydroxylation is 1. The molecule has 7 nitrogen and oxygen atoms in total. The minimum absolute atomic E-state index is 0.0834. The fraction of sp³-hybridized carbons (Fsp3) is 0.188. The van der Waals surface area contributed by atoms with E-state index in [4.69, 9.17) is 16.3 Å². The number of carbonyl (C=O) groups excluding carboxylic acids is 1. The number of nitrogens with zero attached hydrogens (tertiary/aromatic N) is 2. The van der Waals surface area contributed by atoms with Crippen molar-refractivity contribution in [3.63, 3.8) is 0 Å². The predicted molar refractivity (Wildman–Crippen MR) is 89.1 cm³/mol. The molecule has 0 saturated carbocycles. The van der Waals surface area contributed by atoms with Crippen molar-refractivity contribution in [3.05, 3.63) is 50.9 Å². The van der Waals surface area contributed by atoms with E-state index < -0.39 is 11.5 Å². The van der Waals surface area contributed by atoms with Crippen molar-refractivity contribution < 1.29 is 14.6 Å². The number of aromatic hydroxyl groups is 1. The van der Waals surface area contributed by atoms with Gasteiger partial charge in [-0.2, -0.15) is 5.10 Å². The molecule has 1 aromatic carbocycles. The maximum absolute atomic E-state index is 12.2. The largest absolute Gasteiger partial charge is 0.507 e. The van der Waals surface area contributed by atoms with Crippen LogP contribution < -0.4 is 5.56 Å². The van der Waals surface area contributed by atoms with Crippen molar-refractivity contribution in [2.24, 2.45) is 0 Å². The summed E-state index contributed by atoms with van der Waals surface area (Å²) >= 11 is 6.05. The lowest BCUT2D eigenvalue weighted by molar-refractivity contribution is 0.0521. The molecule has 0 aliphatic carbocycles. The van der Waals surface area contributed by atoms with Gasteiger partial charge in [0.25, 0.3) is 5.56 Å². The van der Waals surface area contributed by atoms with E-state index in [2.05, 4.69) is 10.1 Å². The van der Waals surface area contributed by atoms with Gasteiger partial charge in [-0.15, -0.1) is 0 Å². The van der Waals surface area contributed by atoms with Gasteiger partial charge in [-0.3, -0.25) is 4.79 Å². The standard InChI is InChI=1S/C16H14ClN3O4/c1-3-24-16(23)14-13-11(21)7-12(22)18-15(13)20(19-14)10-6-9(17)5-4-8(10)2/h4-7H,3H2,1-2H3,(H2,18,21,22). The summed E-state index contributed by atoms with van der Waals surface area (Å²) in [5.74, 6) is -1.04. The SMILES string of the molecule is CCOC(=O)c1nn(-c2cc(Cl)ccc2C)c2[nH]c(=O)cc(O)c12. The number of hydrogen-bond donors (Lipinski definition) is 2. The van der Waals surface area contributed by atoms with Crippen LogP contribution >= 0.6 is 11.6 Å². The molecule has 8 heteroatoms. The Morgan fingerprint density at radius 2 is 2.17 bits per heavy atom. The van der Waals surface area contributed by atoms with Crippen molar-refractivity contribution in [1.29, 1.82) is 0 Å². The highest BCUT2D eigenvalue weighted by molar-refractivity contribution is 6.30. The number of benzene rings is 1. The molecular weight excluding hydrogens is 334 g/mol. The first-order valence-corrected chi connectivity index (χ1v) is 7.58. The molecular formula is C16H14ClN3O4. The van der Waals surface area contributed by atoms with Crippen molar-refractivity contribution in [3.8, 4) is 11.4 Å². The number of pyridine rings is 1. The van der Waals surface area contributed by atoms with E-state index in [0.29, 0.717) is 10.7 Å². The molecule has 0 spiro atoms. The number of halogens is 1. The second kappa shape index (κ2) is 6.01. The van der Waals surface area contributed by atoms with Crippen LogP contribution in [0.1, 0.15) is 23.0 Å². The molecule has 0 atom stereocenters. The van der Waals surface area contributed by atoms with E-state index in [-0.39, 0.29) is 29.1 Å². The second-order valence-corrected chi connectivity index (χ2v) is 5.59. The summed E-state index contributed by atoms with van der Waals surface area (Å²) in [6, 6.07) is 6.15. The van der Waals surface area contributed by atoms with Crippen LogP contribution in [-0.2, 0) is 4.74 Å². The molecule has 0 aliphatic heterocycles. The van der Waals surface area contributed by atoms with E-state index in [1.165, 1.54) is 4.68 Å². The van der Waals surface area contributed by atoms with Crippen molar-refractivity contribution in [2.45, 2.75) is 13.8 Å². The smallest absolute Gasteiger partial charge is 0.359 e. The van der Waals surface area contributed by atoms with Crippen LogP contribution in [0, 0.1) is 6.92 Å². The quantitative estimate of drug-likeness (QED) is 0.710. The first-order valence-electron chi connectivity index (χ1n) is 7.21. The molecule has 0 amide bonds. The van der Waals surface area contributed by atoms with Gasteiger partial charge in [0.1, 0.15) is 11.4 Å². The van der Waals surface area contributed by atoms with Gasteiger partial charge in [0.05, 0.1) is 17.7 Å². The third-order valence-corrected chi connectivity index (χ3v) is 3.75. The number of fused-ring (bicyclic) bond motifs is 1. The molecule has 0 bridgehead atoms. The number of rotatable bonds is 3. The zero-order valence-corrected chi connectivity index (χ0v) is 13.7. The monoisotopic (exact) mass is 347 g/mol. The third kappa shape index (κ3) is 2.63. The van der Waals surface area contributed by atoms with Gasteiger partial charge >= 0.3 is 5.97 Å². The minimum Gasteiger partial charge on any atom is -0.507 e. The molecule has 3 aromatic rings.